The number of nitrogens with one attached hydrogen (secondary N) is 3. The van der Waals surface area contributed by atoms with Crippen LogP contribution in [0.1, 0.15) is 25.8 Å². The predicted molar refractivity (Wildman–Crippen MR) is 113 cm³/mol. The Morgan fingerprint density at radius 2 is 1.48 bits per heavy atom. The number of carboxylic acids is 2. The molecule has 0 aliphatic heterocycles. The van der Waals surface area contributed by atoms with E-state index in [0.717, 1.165) is 0 Å². The number of carbonyl (C=O) groups excluding carboxylic acids is 3. The first-order chi connectivity index (χ1) is 15.3. The number of phenolic OH excluding ortho intramolecular Hbond substituents is 1. The minimum atomic E-state index is -1.60. The fraction of sp³-hybridized carbons (Fsp3) is 0.450. The van der Waals surface area contributed by atoms with Gasteiger partial charge in [-0.2, -0.15) is 0 Å². The first-order valence-corrected chi connectivity index (χ1v) is 9.89. The molecule has 0 aliphatic rings. The van der Waals surface area contributed by atoms with Gasteiger partial charge in [-0.25, -0.2) is 4.79 Å². The molecular formula is C20H28N4O9. The van der Waals surface area contributed by atoms with Crippen molar-refractivity contribution in [1.29, 1.82) is 0 Å². The summed E-state index contributed by atoms with van der Waals surface area (Å²) in [5, 5.41) is 43.5. The number of aliphatic hydroxyl groups excluding tert-OH is 1. The van der Waals surface area contributed by atoms with E-state index in [1.54, 1.807) is 0 Å². The van der Waals surface area contributed by atoms with Crippen molar-refractivity contribution in [2.75, 3.05) is 0 Å². The van der Waals surface area contributed by atoms with E-state index >= 15 is 0 Å². The molecule has 5 unspecified atom stereocenters. The number of aliphatic hydroxyl groups is 1. The van der Waals surface area contributed by atoms with Crippen LogP contribution in [0, 0.1) is 0 Å². The molecular weight excluding hydrogens is 440 g/mol. The molecule has 9 N–H and O–H groups in total. The van der Waals surface area contributed by atoms with E-state index in [-0.39, 0.29) is 12.2 Å². The Kier molecular flexibility index (Phi) is 10.2. The number of benzene rings is 1. The minimum absolute atomic E-state index is 0.0244. The standard InChI is InChI=1S/C20H28N4O9/c1-9(17(29)24-16(10(2)25)20(32)33)22-19(31)14(7-11-3-5-12(26)6-4-11)23-18(30)13(21)8-15(27)28/h3-6,9-10,13-14,16,25-26H,7-8,21H2,1-2H3,(H,22,31)(H,23,30)(H,24,29)(H,27,28)(H,32,33). The fourth-order valence-electron chi connectivity index (χ4n) is 2.68. The van der Waals surface area contributed by atoms with E-state index in [2.05, 4.69) is 16.0 Å². The summed E-state index contributed by atoms with van der Waals surface area (Å²) in [6.45, 7) is 2.44. The van der Waals surface area contributed by atoms with Gasteiger partial charge in [0.05, 0.1) is 18.6 Å². The van der Waals surface area contributed by atoms with Crippen molar-refractivity contribution in [1.82, 2.24) is 16.0 Å². The molecule has 33 heavy (non-hydrogen) atoms. The Balaban J connectivity index is 2.96. The molecule has 1 aromatic carbocycles. The molecule has 0 bridgehead atoms. The van der Waals surface area contributed by atoms with E-state index in [1.165, 1.54) is 38.1 Å². The number of hydrogen-bond acceptors (Lipinski definition) is 8. The van der Waals surface area contributed by atoms with Gasteiger partial charge in [-0.3, -0.25) is 19.2 Å². The van der Waals surface area contributed by atoms with Crippen LogP contribution in [0.4, 0.5) is 0 Å². The zero-order valence-electron chi connectivity index (χ0n) is 18.0. The van der Waals surface area contributed by atoms with Gasteiger partial charge in [0.15, 0.2) is 6.04 Å². The molecule has 5 atom stereocenters. The fourth-order valence-corrected chi connectivity index (χ4v) is 2.68. The normalized spacial score (nSPS) is 15.3. The van der Waals surface area contributed by atoms with Crippen molar-refractivity contribution in [3.63, 3.8) is 0 Å². The Hall–Kier alpha value is -3.71. The molecule has 0 aliphatic carbocycles. The third-order valence-corrected chi connectivity index (χ3v) is 4.54. The number of amides is 3. The topological polar surface area (TPSA) is 228 Å². The predicted octanol–water partition coefficient (Wildman–Crippen LogP) is -2.32. The summed E-state index contributed by atoms with van der Waals surface area (Å²) in [5.74, 6) is -5.44. The maximum atomic E-state index is 12.8. The molecule has 0 spiro atoms. The summed E-state index contributed by atoms with van der Waals surface area (Å²) in [5.41, 5.74) is 6.06. The second-order valence-corrected chi connectivity index (χ2v) is 7.43. The van der Waals surface area contributed by atoms with E-state index < -0.39 is 66.4 Å². The summed E-state index contributed by atoms with van der Waals surface area (Å²) in [7, 11) is 0. The lowest BCUT2D eigenvalue weighted by molar-refractivity contribution is -0.145. The van der Waals surface area contributed by atoms with Crippen LogP contribution in [0.3, 0.4) is 0 Å². The highest BCUT2D eigenvalue weighted by Gasteiger charge is 2.30. The monoisotopic (exact) mass is 468 g/mol. The van der Waals surface area contributed by atoms with Gasteiger partial charge in [0.25, 0.3) is 0 Å². The zero-order chi connectivity index (χ0) is 25.3. The summed E-state index contributed by atoms with van der Waals surface area (Å²) in [4.78, 5) is 59.2. The van der Waals surface area contributed by atoms with Gasteiger partial charge in [0, 0.05) is 6.42 Å². The maximum absolute atomic E-state index is 12.8. The molecule has 0 aromatic heterocycles. The van der Waals surface area contributed by atoms with E-state index in [4.69, 9.17) is 15.9 Å². The highest BCUT2D eigenvalue weighted by Crippen LogP contribution is 2.12. The van der Waals surface area contributed by atoms with Gasteiger partial charge in [-0.1, -0.05) is 12.1 Å². The minimum Gasteiger partial charge on any atom is -0.508 e. The second-order valence-electron chi connectivity index (χ2n) is 7.43. The lowest BCUT2D eigenvalue weighted by Crippen LogP contribution is -2.58. The van der Waals surface area contributed by atoms with Gasteiger partial charge in [0.2, 0.25) is 17.7 Å². The number of phenols is 1. The van der Waals surface area contributed by atoms with Crippen LogP contribution >= 0.6 is 0 Å². The first-order valence-electron chi connectivity index (χ1n) is 9.89. The van der Waals surface area contributed by atoms with Gasteiger partial charge in [-0.05, 0) is 31.5 Å². The Morgan fingerprint density at radius 1 is 0.909 bits per heavy atom. The molecule has 0 heterocycles. The molecule has 13 heteroatoms. The average molecular weight is 468 g/mol. The number of aliphatic carboxylic acids is 2. The van der Waals surface area contributed by atoms with Crippen molar-refractivity contribution < 1.29 is 44.4 Å². The number of carbonyl (C=O) groups is 5. The number of aromatic hydroxyl groups is 1. The van der Waals surface area contributed by atoms with E-state index in [0.29, 0.717) is 5.56 Å². The molecule has 1 aromatic rings. The maximum Gasteiger partial charge on any atom is 0.328 e. The van der Waals surface area contributed by atoms with Crippen LogP contribution in [0.15, 0.2) is 24.3 Å². The van der Waals surface area contributed by atoms with Crippen molar-refractivity contribution in [3.05, 3.63) is 29.8 Å². The molecule has 182 valence electrons. The quantitative estimate of drug-likeness (QED) is 0.163. The molecule has 13 nitrogen and oxygen atoms in total. The number of hydrogen-bond donors (Lipinski definition) is 8. The van der Waals surface area contributed by atoms with Crippen LogP contribution in [-0.2, 0) is 30.4 Å². The summed E-state index contributed by atoms with van der Waals surface area (Å²) in [6, 6.07) is 0.166. The molecule has 0 radical (unpaired) electrons. The summed E-state index contributed by atoms with van der Waals surface area (Å²) >= 11 is 0. The third-order valence-electron chi connectivity index (χ3n) is 4.54. The van der Waals surface area contributed by atoms with Crippen LogP contribution in [0.25, 0.3) is 0 Å². The van der Waals surface area contributed by atoms with Gasteiger partial charge < -0.3 is 42.1 Å². The molecule has 1 rings (SSSR count). The number of carboxylic acid groups (broad SMARTS) is 2. The second kappa shape index (κ2) is 12.4. The summed E-state index contributed by atoms with van der Waals surface area (Å²) < 4.78 is 0. The molecule has 0 saturated heterocycles. The smallest absolute Gasteiger partial charge is 0.328 e. The van der Waals surface area contributed by atoms with Crippen LogP contribution < -0.4 is 21.7 Å². The number of nitrogens with two attached hydrogens (primary N) is 1. The average Bonchev–Trinajstić information content (AvgIpc) is 2.71. The zero-order valence-corrected chi connectivity index (χ0v) is 18.0. The van der Waals surface area contributed by atoms with Crippen molar-refractivity contribution in [2.24, 2.45) is 5.73 Å². The molecule has 0 saturated carbocycles. The van der Waals surface area contributed by atoms with Gasteiger partial charge >= 0.3 is 11.9 Å². The Morgan fingerprint density at radius 3 is 1.97 bits per heavy atom. The molecule has 3 amide bonds. The van der Waals surface area contributed by atoms with Gasteiger partial charge in [0.1, 0.15) is 17.8 Å². The lowest BCUT2D eigenvalue weighted by Gasteiger charge is -2.24. The van der Waals surface area contributed by atoms with Crippen molar-refractivity contribution in [3.8, 4) is 5.75 Å². The Labute approximate surface area is 189 Å². The van der Waals surface area contributed by atoms with Crippen LogP contribution in [0.5, 0.6) is 5.75 Å². The highest BCUT2D eigenvalue weighted by molar-refractivity contribution is 5.94. The van der Waals surface area contributed by atoms with Crippen LogP contribution in [0.2, 0.25) is 0 Å². The lowest BCUT2D eigenvalue weighted by atomic mass is 10.0. The first kappa shape index (κ1) is 27.3. The molecule has 0 fully saturated rings. The highest BCUT2D eigenvalue weighted by atomic mass is 16.4. The van der Waals surface area contributed by atoms with Crippen molar-refractivity contribution >= 4 is 29.7 Å². The third kappa shape index (κ3) is 9.13. The van der Waals surface area contributed by atoms with Crippen LogP contribution in [-0.4, -0.2) is 80.4 Å². The van der Waals surface area contributed by atoms with E-state index in [9.17, 15) is 34.2 Å². The number of rotatable bonds is 12. The van der Waals surface area contributed by atoms with E-state index in [1.807, 2.05) is 0 Å². The summed E-state index contributed by atoms with van der Waals surface area (Å²) in [6.07, 6.45) is -2.16. The Bertz CT molecular complexity index is 873. The van der Waals surface area contributed by atoms with Crippen molar-refractivity contribution in [2.45, 2.75) is 57.0 Å². The van der Waals surface area contributed by atoms with Gasteiger partial charge in [-0.15, -0.1) is 0 Å². The SMILES string of the molecule is CC(NC(=O)C(Cc1ccc(O)cc1)NC(=O)C(N)CC(=O)O)C(=O)NC(C(=O)O)C(C)O. The largest absolute Gasteiger partial charge is 0.508 e.